The molecule has 22 heavy (non-hydrogen) atoms. The van der Waals surface area contributed by atoms with E-state index < -0.39 is 6.10 Å². The van der Waals surface area contributed by atoms with Crippen LogP contribution in [-0.4, -0.2) is 50.2 Å². The van der Waals surface area contributed by atoms with Gasteiger partial charge in [-0.15, -0.1) is 0 Å². The van der Waals surface area contributed by atoms with Gasteiger partial charge >= 0.3 is 0 Å². The van der Waals surface area contributed by atoms with E-state index >= 15 is 0 Å². The summed E-state index contributed by atoms with van der Waals surface area (Å²) in [6, 6.07) is 8.08. The monoisotopic (exact) mass is 311 g/mol. The first-order valence-electron chi connectivity index (χ1n) is 7.90. The SMILES string of the molecule is CCOCCOCc1ccc(OC[C@H](O)CNC(C)C)cc1. The molecule has 0 radical (unpaired) electrons. The van der Waals surface area contributed by atoms with Crippen molar-refractivity contribution < 1.29 is 19.3 Å². The van der Waals surface area contributed by atoms with Crippen molar-refractivity contribution in [2.24, 2.45) is 0 Å². The maximum Gasteiger partial charge on any atom is 0.119 e. The average molecular weight is 311 g/mol. The van der Waals surface area contributed by atoms with Crippen molar-refractivity contribution in [2.45, 2.75) is 39.5 Å². The molecular weight excluding hydrogens is 282 g/mol. The largest absolute Gasteiger partial charge is 0.491 e. The lowest BCUT2D eigenvalue weighted by atomic mass is 10.2. The molecule has 0 aliphatic carbocycles. The van der Waals surface area contributed by atoms with E-state index in [0.29, 0.717) is 39.0 Å². The minimum absolute atomic E-state index is 0.282. The van der Waals surface area contributed by atoms with Crippen LogP contribution in [0.3, 0.4) is 0 Å². The zero-order chi connectivity index (χ0) is 16.2. The van der Waals surface area contributed by atoms with Crippen LogP contribution in [0.25, 0.3) is 0 Å². The van der Waals surface area contributed by atoms with Crippen LogP contribution in [0.15, 0.2) is 24.3 Å². The standard InChI is InChI=1S/C17H29NO4/c1-4-20-9-10-21-12-15-5-7-17(8-6-15)22-13-16(19)11-18-14(2)3/h5-8,14,16,18-19H,4,9-13H2,1-3H3/t16-/m1/s1. The molecule has 0 fully saturated rings. The summed E-state index contributed by atoms with van der Waals surface area (Å²) in [5, 5.41) is 13.0. The van der Waals surface area contributed by atoms with Crippen LogP contribution >= 0.6 is 0 Å². The third-order valence-corrected chi connectivity index (χ3v) is 2.97. The Morgan fingerprint density at radius 1 is 1.09 bits per heavy atom. The molecule has 126 valence electrons. The van der Waals surface area contributed by atoms with Crippen molar-refractivity contribution in [1.82, 2.24) is 5.32 Å². The molecule has 1 aromatic rings. The van der Waals surface area contributed by atoms with Gasteiger partial charge in [0.15, 0.2) is 0 Å². The molecule has 1 rings (SSSR count). The van der Waals surface area contributed by atoms with E-state index in [1.54, 1.807) is 0 Å². The van der Waals surface area contributed by atoms with Gasteiger partial charge in [0.25, 0.3) is 0 Å². The topological polar surface area (TPSA) is 60.0 Å². The number of aliphatic hydroxyl groups excluding tert-OH is 1. The zero-order valence-corrected chi connectivity index (χ0v) is 13.9. The van der Waals surface area contributed by atoms with Crippen LogP contribution in [0.4, 0.5) is 0 Å². The van der Waals surface area contributed by atoms with Gasteiger partial charge < -0.3 is 24.6 Å². The highest BCUT2D eigenvalue weighted by Gasteiger charge is 2.06. The first kappa shape index (κ1) is 18.9. The van der Waals surface area contributed by atoms with Crippen LogP contribution in [0.1, 0.15) is 26.3 Å². The molecule has 0 spiro atoms. The van der Waals surface area contributed by atoms with Crippen LogP contribution in [0, 0.1) is 0 Å². The first-order chi connectivity index (χ1) is 10.6. The summed E-state index contributed by atoms with van der Waals surface area (Å²) in [7, 11) is 0. The molecule has 0 saturated heterocycles. The number of ether oxygens (including phenoxy) is 3. The molecule has 0 aromatic heterocycles. The lowest BCUT2D eigenvalue weighted by Crippen LogP contribution is -2.35. The molecule has 0 bridgehead atoms. The predicted octanol–water partition coefficient (Wildman–Crippen LogP) is 1.98. The molecule has 0 saturated carbocycles. The third-order valence-electron chi connectivity index (χ3n) is 2.97. The summed E-state index contributed by atoms with van der Waals surface area (Å²) in [4.78, 5) is 0. The highest BCUT2D eigenvalue weighted by molar-refractivity contribution is 5.26. The van der Waals surface area contributed by atoms with E-state index in [1.807, 2.05) is 45.0 Å². The molecule has 1 aromatic carbocycles. The lowest BCUT2D eigenvalue weighted by molar-refractivity contribution is 0.0452. The van der Waals surface area contributed by atoms with Crippen LogP contribution in [-0.2, 0) is 16.1 Å². The fraction of sp³-hybridized carbons (Fsp3) is 0.647. The summed E-state index contributed by atoms with van der Waals surface area (Å²) in [5.41, 5.74) is 1.09. The van der Waals surface area contributed by atoms with Crippen molar-refractivity contribution in [1.29, 1.82) is 0 Å². The second-order valence-corrected chi connectivity index (χ2v) is 5.42. The van der Waals surface area contributed by atoms with E-state index in [-0.39, 0.29) is 6.61 Å². The molecule has 0 heterocycles. The minimum Gasteiger partial charge on any atom is -0.491 e. The van der Waals surface area contributed by atoms with Crippen molar-refractivity contribution >= 4 is 0 Å². The van der Waals surface area contributed by atoms with E-state index in [9.17, 15) is 5.11 Å². The highest BCUT2D eigenvalue weighted by atomic mass is 16.5. The molecular formula is C17H29NO4. The average Bonchev–Trinajstić information content (AvgIpc) is 2.52. The smallest absolute Gasteiger partial charge is 0.119 e. The minimum atomic E-state index is -0.510. The summed E-state index contributed by atoms with van der Waals surface area (Å²) in [5.74, 6) is 0.752. The number of benzene rings is 1. The van der Waals surface area contributed by atoms with Crippen molar-refractivity contribution in [3.8, 4) is 5.75 Å². The van der Waals surface area contributed by atoms with Crippen molar-refractivity contribution in [3.05, 3.63) is 29.8 Å². The van der Waals surface area contributed by atoms with Gasteiger partial charge in [-0.05, 0) is 24.6 Å². The number of nitrogens with one attached hydrogen (secondary N) is 1. The molecule has 5 nitrogen and oxygen atoms in total. The summed E-state index contributed by atoms with van der Waals surface area (Å²) < 4.78 is 16.3. The Morgan fingerprint density at radius 2 is 1.77 bits per heavy atom. The molecule has 0 unspecified atom stereocenters. The van der Waals surface area contributed by atoms with Gasteiger partial charge in [0.05, 0.1) is 19.8 Å². The van der Waals surface area contributed by atoms with Gasteiger partial charge in [-0.25, -0.2) is 0 Å². The fourth-order valence-corrected chi connectivity index (χ4v) is 1.76. The van der Waals surface area contributed by atoms with Gasteiger partial charge in [0.1, 0.15) is 18.5 Å². The van der Waals surface area contributed by atoms with E-state index in [4.69, 9.17) is 14.2 Å². The van der Waals surface area contributed by atoms with Gasteiger partial charge in [0, 0.05) is 19.2 Å². The van der Waals surface area contributed by atoms with Gasteiger partial charge in [0.2, 0.25) is 0 Å². The van der Waals surface area contributed by atoms with E-state index in [2.05, 4.69) is 5.32 Å². The quantitative estimate of drug-likeness (QED) is 0.578. The van der Waals surface area contributed by atoms with Crippen LogP contribution in [0.2, 0.25) is 0 Å². The molecule has 0 amide bonds. The molecule has 0 aliphatic heterocycles. The van der Waals surface area contributed by atoms with Crippen LogP contribution < -0.4 is 10.1 Å². The number of aliphatic hydroxyl groups is 1. The molecule has 2 N–H and O–H groups in total. The van der Waals surface area contributed by atoms with E-state index in [0.717, 1.165) is 11.3 Å². The summed E-state index contributed by atoms with van der Waals surface area (Å²) in [6.45, 7) is 9.37. The highest BCUT2D eigenvalue weighted by Crippen LogP contribution is 2.13. The maximum absolute atomic E-state index is 9.78. The number of rotatable bonds is 12. The van der Waals surface area contributed by atoms with Gasteiger partial charge in [-0.2, -0.15) is 0 Å². The zero-order valence-electron chi connectivity index (χ0n) is 13.9. The second kappa shape index (κ2) is 11.4. The molecule has 0 aliphatic rings. The van der Waals surface area contributed by atoms with Crippen molar-refractivity contribution in [2.75, 3.05) is 33.0 Å². The predicted molar refractivity (Wildman–Crippen MR) is 87.2 cm³/mol. The Bertz CT molecular complexity index is 381. The van der Waals surface area contributed by atoms with Crippen molar-refractivity contribution in [3.63, 3.8) is 0 Å². The Balaban J connectivity index is 2.21. The molecule has 1 atom stereocenters. The fourth-order valence-electron chi connectivity index (χ4n) is 1.76. The number of hydrogen-bond donors (Lipinski definition) is 2. The Hall–Kier alpha value is -1.14. The molecule has 5 heteroatoms. The second-order valence-electron chi connectivity index (χ2n) is 5.42. The van der Waals surface area contributed by atoms with E-state index in [1.165, 1.54) is 0 Å². The van der Waals surface area contributed by atoms with Crippen LogP contribution in [0.5, 0.6) is 5.75 Å². The maximum atomic E-state index is 9.78. The number of hydrogen-bond acceptors (Lipinski definition) is 5. The lowest BCUT2D eigenvalue weighted by Gasteiger charge is -2.15. The van der Waals surface area contributed by atoms with Gasteiger partial charge in [-0.1, -0.05) is 26.0 Å². The third kappa shape index (κ3) is 9.00. The summed E-state index contributed by atoms with van der Waals surface area (Å²) >= 11 is 0. The Kier molecular flexibility index (Phi) is 9.82. The first-order valence-corrected chi connectivity index (χ1v) is 7.90. The Morgan fingerprint density at radius 3 is 2.41 bits per heavy atom. The van der Waals surface area contributed by atoms with Gasteiger partial charge in [-0.3, -0.25) is 0 Å². The normalized spacial score (nSPS) is 12.6. The summed E-state index contributed by atoms with van der Waals surface area (Å²) in [6.07, 6.45) is -0.510. The Labute approximate surface area is 133 Å².